The lowest BCUT2D eigenvalue weighted by molar-refractivity contribution is 0.0892. The minimum atomic E-state index is -0.185. The van der Waals surface area contributed by atoms with Gasteiger partial charge in [-0.3, -0.25) is 4.90 Å². The highest BCUT2D eigenvalue weighted by molar-refractivity contribution is 6.30. The van der Waals surface area contributed by atoms with Crippen LogP contribution in [-0.2, 0) is 6.54 Å². The molecule has 1 aliphatic heterocycles. The third-order valence-electron chi connectivity index (χ3n) is 3.70. The molecule has 0 N–H and O–H groups in total. The van der Waals surface area contributed by atoms with Gasteiger partial charge in [-0.25, -0.2) is 14.4 Å². The maximum Gasteiger partial charge on any atom is 0.316 e. The lowest BCUT2D eigenvalue weighted by atomic mass is 10.1. The standard InChI is InChI=1S/C16H17ClFN3O/c17-13-9-19-16(20-10-13)22-15-4-6-21(7-5-15)11-12-2-1-3-14(18)8-12/h1-3,8-10,15H,4-7,11H2. The van der Waals surface area contributed by atoms with Crippen LogP contribution in [0.2, 0.25) is 5.02 Å². The van der Waals surface area contributed by atoms with Gasteiger partial charge in [0.1, 0.15) is 11.9 Å². The van der Waals surface area contributed by atoms with Crippen LogP contribution in [0, 0.1) is 5.82 Å². The fourth-order valence-electron chi connectivity index (χ4n) is 2.59. The summed E-state index contributed by atoms with van der Waals surface area (Å²) in [6, 6.07) is 7.12. The summed E-state index contributed by atoms with van der Waals surface area (Å²) < 4.78 is 19.0. The second-order valence-electron chi connectivity index (χ2n) is 5.41. The highest BCUT2D eigenvalue weighted by atomic mass is 35.5. The lowest BCUT2D eigenvalue weighted by Crippen LogP contribution is -2.38. The first-order chi connectivity index (χ1) is 10.7. The normalized spacial score (nSPS) is 16.6. The molecule has 3 rings (SSSR count). The zero-order chi connectivity index (χ0) is 15.4. The van der Waals surface area contributed by atoms with Crippen molar-refractivity contribution in [3.8, 4) is 6.01 Å². The number of nitrogens with zero attached hydrogens (tertiary/aromatic N) is 3. The summed E-state index contributed by atoms with van der Waals surface area (Å²) in [5.41, 5.74) is 1.00. The van der Waals surface area contributed by atoms with E-state index >= 15 is 0 Å². The summed E-state index contributed by atoms with van der Waals surface area (Å²) in [6.45, 7) is 2.59. The Morgan fingerprint density at radius 3 is 2.64 bits per heavy atom. The Hall–Kier alpha value is -1.72. The van der Waals surface area contributed by atoms with Crippen molar-refractivity contribution in [2.75, 3.05) is 13.1 Å². The van der Waals surface area contributed by atoms with Crippen LogP contribution in [0.15, 0.2) is 36.7 Å². The molecule has 116 valence electrons. The van der Waals surface area contributed by atoms with Gasteiger partial charge < -0.3 is 4.74 Å². The molecule has 0 amide bonds. The van der Waals surface area contributed by atoms with Gasteiger partial charge in [0.05, 0.1) is 17.4 Å². The van der Waals surface area contributed by atoms with Gasteiger partial charge in [0.2, 0.25) is 0 Å². The SMILES string of the molecule is Fc1cccc(CN2CCC(Oc3ncc(Cl)cn3)CC2)c1. The molecule has 4 nitrogen and oxygen atoms in total. The zero-order valence-corrected chi connectivity index (χ0v) is 12.8. The molecule has 2 heterocycles. The number of ether oxygens (including phenoxy) is 1. The highest BCUT2D eigenvalue weighted by Crippen LogP contribution is 2.18. The second kappa shape index (κ2) is 7.03. The number of benzene rings is 1. The minimum absolute atomic E-state index is 0.116. The summed E-state index contributed by atoms with van der Waals surface area (Å²) in [7, 11) is 0. The molecule has 1 aromatic heterocycles. The molecular weight excluding hydrogens is 305 g/mol. The van der Waals surface area contributed by atoms with Crippen LogP contribution in [0.3, 0.4) is 0 Å². The van der Waals surface area contributed by atoms with Crippen molar-refractivity contribution in [1.29, 1.82) is 0 Å². The Morgan fingerprint density at radius 1 is 1.23 bits per heavy atom. The summed E-state index contributed by atoms with van der Waals surface area (Å²) >= 11 is 5.75. The van der Waals surface area contributed by atoms with Crippen LogP contribution < -0.4 is 4.74 Å². The molecule has 22 heavy (non-hydrogen) atoms. The van der Waals surface area contributed by atoms with Gasteiger partial charge in [0, 0.05) is 19.6 Å². The van der Waals surface area contributed by atoms with E-state index < -0.39 is 0 Å². The van der Waals surface area contributed by atoms with Gasteiger partial charge >= 0.3 is 6.01 Å². The van der Waals surface area contributed by atoms with Crippen LogP contribution >= 0.6 is 11.6 Å². The van der Waals surface area contributed by atoms with Crippen molar-refractivity contribution in [3.63, 3.8) is 0 Å². The van der Waals surface area contributed by atoms with E-state index in [1.807, 2.05) is 6.07 Å². The molecule has 0 saturated carbocycles. The number of halogens is 2. The smallest absolute Gasteiger partial charge is 0.316 e. The van der Waals surface area contributed by atoms with Crippen LogP contribution in [0.5, 0.6) is 6.01 Å². The number of rotatable bonds is 4. The number of piperidine rings is 1. The Balaban J connectivity index is 1.49. The van der Waals surface area contributed by atoms with E-state index in [4.69, 9.17) is 16.3 Å². The molecule has 6 heteroatoms. The minimum Gasteiger partial charge on any atom is -0.460 e. The van der Waals surface area contributed by atoms with E-state index in [2.05, 4.69) is 14.9 Å². The van der Waals surface area contributed by atoms with E-state index in [-0.39, 0.29) is 11.9 Å². The van der Waals surface area contributed by atoms with Gasteiger partial charge in [0.15, 0.2) is 0 Å². The van der Waals surface area contributed by atoms with Crippen molar-refractivity contribution in [2.45, 2.75) is 25.5 Å². The fraction of sp³-hybridized carbons (Fsp3) is 0.375. The first-order valence-corrected chi connectivity index (χ1v) is 7.68. The van der Waals surface area contributed by atoms with Crippen molar-refractivity contribution in [3.05, 3.63) is 53.1 Å². The molecule has 0 atom stereocenters. The molecule has 1 aliphatic rings. The van der Waals surface area contributed by atoms with Crippen LogP contribution in [-0.4, -0.2) is 34.1 Å². The van der Waals surface area contributed by atoms with Gasteiger partial charge in [-0.15, -0.1) is 0 Å². The Bertz CT molecular complexity index is 615. The average Bonchev–Trinajstić information content (AvgIpc) is 2.52. The van der Waals surface area contributed by atoms with Crippen molar-refractivity contribution < 1.29 is 9.13 Å². The number of likely N-dealkylation sites (tertiary alicyclic amines) is 1. The Morgan fingerprint density at radius 2 is 1.95 bits per heavy atom. The first kappa shape index (κ1) is 15.2. The third-order valence-corrected chi connectivity index (χ3v) is 3.89. The van der Waals surface area contributed by atoms with E-state index in [9.17, 15) is 4.39 Å². The van der Waals surface area contributed by atoms with Gasteiger partial charge in [-0.05, 0) is 30.5 Å². The third kappa shape index (κ3) is 4.15. The monoisotopic (exact) mass is 321 g/mol. The molecule has 0 unspecified atom stereocenters. The summed E-state index contributed by atoms with van der Waals surface area (Å²) in [6.07, 6.45) is 4.99. The van der Waals surface area contributed by atoms with Gasteiger partial charge in [-0.1, -0.05) is 23.7 Å². The average molecular weight is 322 g/mol. The predicted molar refractivity (Wildman–Crippen MR) is 82.4 cm³/mol. The Kier molecular flexibility index (Phi) is 4.85. The van der Waals surface area contributed by atoms with Crippen LogP contribution in [0.4, 0.5) is 4.39 Å². The summed E-state index contributed by atoms with van der Waals surface area (Å²) in [4.78, 5) is 10.4. The molecule has 0 radical (unpaired) electrons. The van der Waals surface area contributed by atoms with Crippen molar-refractivity contribution in [1.82, 2.24) is 14.9 Å². The van der Waals surface area contributed by atoms with Crippen molar-refractivity contribution >= 4 is 11.6 Å². The number of aromatic nitrogens is 2. The molecule has 0 spiro atoms. The molecule has 0 aliphatic carbocycles. The molecular formula is C16H17ClFN3O. The van der Waals surface area contributed by atoms with E-state index in [1.165, 1.54) is 18.5 Å². The van der Waals surface area contributed by atoms with Crippen molar-refractivity contribution in [2.24, 2.45) is 0 Å². The largest absolute Gasteiger partial charge is 0.460 e. The number of hydrogen-bond acceptors (Lipinski definition) is 4. The van der Waals surface area contributed by atoms with Crippen LogP contribution in [0.25, 0.3) is 0 Å². The lowest BCUT2D eigenvalue weighted by Gasteiger charge is -2.31. The van der Waals surface area contributed by atoms with E-state index in [1.54, 1.807) is 12.1 Å². The molecule has 1 saturated heterocycles. The summed E-state index contributed by atoms with van der Waals surface area (Å²) in [5, 5.41) is 0.497. The molecule has 1 aromatic carbocycles. The maximum absolute atomic E-state index is 13.2. The molecule has 1 fully saturated rings. The van der Waals surface area contributed by atoms with Gasteiger partial charge in [0.25, 0.3) is 0 Å². The predicted octanol–water partition coefficient (Wildman–Crippen LogP) is 3.31. The Labute approximate surface area is 133 Å². The molecule has 2 aromatic rings. The first-order valence-electron chi connectivity index (χ1n) is 7.30. The van der Waals surface area contributed by atoms with E-state index in [0.29, 0.717) is 11.0 Å². The van der Waals surface area contributed by atoms with Crippen LogP contribution in [0.1, 0.15) is 18.4 Å². The molecule has 0 bridgehead atoms. The summed E-state index contributed by atoms with van der Waals surface area (Å²) in [5.74, 6) is -0.185. The zero-order valence-electron chi connectivity index (χ0n) is 12.1. The highest BCUT2D eigenvalue weighted by Gasteiger charge is 2.21. The van der Waals surface area contributed by atoms with E-state index in [0.717, 1.165) is 38.0 Å². The van der Waals surface area contributed by atoms with Gasteiger partial charge in [-0.2, -0.15) is 0 Å². The maximum atomic E-state index is 13.2. The number of hydrogen-bond donors (Lipinski definition) is 0. The fourth-order valence-corrected chi connectivity index (χ4v) is 2.69. The topological polar surface area (TPSA) is 38.2 Å². The quantitative estimate of drug-likeness (QED) is 0.866. The second-order valence-corrected chi connectivity index (χ2v) is 5.84.